The van der Waals surface area contributed by atoms with Crippen LogP contribution in [0.15, 0.2) is 35.3 Å². The largest absolute Gasteiger partial charge is 0.383 e. The Morgan fingerprint density at radius 2 is 1.88 bits per heavy atom. The number of rotatable bonds is 4. The lowest BCUT2D eigenvalue weighted by atomic mass is 10.2. The first kappa shape index (κ1) is 13.6. The van der Waals surface area contributed by atoms with Crippen molar-refractivity contribution in [3.05, 3.63) is 35.9 Å². The first-order valence-corrected chi connectivity index (χ1v) is 6.03. The van der Waals surface area contributed by atoms with Crippen molar-refractivity contribution in [1.82, 2.24) is 10.4 Å². The average molecular weight is 250 g/mol. The number of nitrogens with zero attached hydrogens (tertiary/aromatic N) is 2. The molecule has 0 atom stereocenters. The zero-order valence-electron chi connectivity index (χ0n) is 10.2. The van der Waals surface area contributed by atoms with Gasteiger partial charge in [0.25, 0.3) is 0 Å². The summed E-state index contributed by atoms with van der Waals surface area (Å²) in [6.45, 7) is 5.81. The number of nitrogens with two attached hydrogens (primary N) is 1. The maximum Gasteiger partial charge on any atom is 0.209 e. The van der Waals surface area contributed by atoms with E-state index in [-0.39, 0.29) is 0 Å². The van der Waals surface area contributed by atoms with E-state index in [9.17, 15) is 0 Å². The van der Waals surface area contributed by atoms with Gasteiger partial charge in [-0.05, 0) is 12.2 Å². The van der Waals surface area contributed by atoms with Gasteiger partial charge in [0.05, 0.1) is 0 Å². The van der Waals surface area contributed by atoms with E-state index in [0.29, 0.717) is 10.9 Å². The molecule has 0 spiro atoms. The molecule has 0 saturated carbocycles. The molecular weight excluding hydrogens is 232 g/mol. The van der Waals surface area contributed by atoms with Gasteiger partial charge in [0.1, 0.15) is 5.84 Å². The Kier molecular flexibility index (Phi) is 5.59. The van der Waals surface area contributed by atoms with Crippen LogP contribution in [-0.4, -0.2) is 29.0 Å². The van der Waals surface area contributed by atoms with E-state index < -0.39 is 0 Å². The van der Waals surface area contributed by atoms with E-state index in [1.165, 1.54) is 0 Å². The second-order valence-electron chi connectivity index (χ2n) is 3.45. The molecule has 0 amide bonds. The molecule has 0 aliphatic carbocycles. The van der Waals surface area contributed by atoms with Crippen molar-refractivity contribution < 1.29 is 0 Å². The fourth-order valence-electron chi connectivity index (χ4n) is 1.32. The highest BCUT2D eigenvalue weighted by Gasteiger charge is 2.02. The molecule has 5 heteroatoms. The van der Waals surface area contributed by atoms with Gasteiger partial charge < -0.3 is 5.73 Å². The molecule has 3 N–H and O–H groups in total. The van der Waals surface area contributed by atoms with Gasteiger partial charge in [0, 0.05) is 18.7 Å². The Labute approximate surface area is 107 Å². The van der Waals surface area contributed by atoms with Crippen molar-refractivity contribution in [3.8, 4) is 0 Å². The summed E-state index contributed by atoms with van der Waals surface area (Å²) in [4.78, 5) is 4.16. The highest BCUT2D eigenvalue weighted by Crippen LogP contribution is 1.98. The van der Waals surface area contributed by atoms with Crippen molar-refractivity contribution in [1.29, 1.82) is 0 Å². The molecule has 0 aromatic heterocycles. The molecule has 1 aromatic rings. The third-order valence-electron chi connectivity index (χ3n) is 2.31. The summed E-state index contributed by atoms with van der Waals surface area (Å²) in [5, 5.41) is 2.35. The summed E-state index contributed by atoms with van der Waals surface area (Å²) in [5.41, 5.74) is 9.74. The van der Waals surface area contributed by atoms with Crippen LogP contribution in [0.5, 0.6) is 0 Å². The van der Waals surface area contributed by atoms with Crippen molar-refractivity contribution in [2.45, 2.75) is 13.8 Å². The topological polar surface area (TPSA) is 53.6 Å². The zero-order valence-corrected chi connectivity index (χ0v) is 11.0. The highest BCUT2D eigenvalue weighted by atomic mass is 32.1. The summed E-state index contributed by atoms with van der Waals surface area (Å²) in [7, 11) is 0. The van der Waals surface area contributed by atoms with Crippen LogP contribution >= 0.6 is 12.2 Å². The summed E-state index contributed by atoms with van der Waals surface area (Å²) in [6, 6.07) is 9.57. The predicted octanol–water partition coefficient (Wildman–Crippen LogP) is 1.52. The van der Waals surface area contributed by atoms with Gasteiger partial charge in [0.2, 0.25) is 5.11 Å². The maximum absolute atomic E-state index is 5.86. The van der Waals surface area contributed by atoms with Crippen molar-refractivity contribution >= 4 is 23.2 Å². The smallest absolute Gasteiger partial charge is 0.209 e. The van der Waals surface area contributed by atoms with E-state index in [1.54, 1.807) is 0 Å². The molecule has 0 aliphatic rings. The quantitative estimate of drug-likeness (QED) is 0.368. The third kappa shape index (κ3) is 4.50. The van der Waals surface area contributed by atoms with Crippen LogP contribution < -0.4 is 11.2 Å². The SMILES string of the molecule is CCN(CC)NC(=S)/N=C(\N)c1ccccc1. The van der Waals surface area contributed by atoms with E-state index in [1.807, 2.05) is 49.2 Å². The molecule has 17 heavy (non-hydrogen) atoms. The lowest BCUT2D eigenvalue weighted by Gasteiger charge is -2.19. The lowest BCUT2D eigenvalue weighted by Crippen LogP contribution is -2.41. The number of hydrazine groups is 1. The van der Waals surface area contributed by atoms with Crippen LogP contribution in [0.2, 0.25) is 0 Å². The number of hydrogen-bond donors (Lipinski definition) is 2. The van der Waals surface area contributed by atoms with Gasteiger partial charge in [-0.25, -0.2) is 10.0 Å². The first-order chi connectivity index (χ1) is 8.17. The van der Waals surface area contributed by atoms with Gasteiger partial charge in [0.15, 0.2) is 0 Å². The standard InChI is InChI=1S/C12H18N4S/c1-3-16(4-2)15-12(17)14-11(13)10-8-6-5-7-9-10/h5-9H,3-4H2,1-2H3,(H3,13,14,15,17). The predicted molar refractivity (Wildman–Crippen MR) is 75.8 cm³/mol. The van der Waals surface area contributed by atoms with E-state index in [4.69, 9.17) is 18.0 Å². The number of hydrogen-bond acceptors (Lipinski definition) is 2. The average Bonchev–Trinajstić information content (AvgIpc) is 2.37. The van der Waals surface area contributed by atoms with Crippen LogP contribution in [0, 0.1) is 0 Å². The second kappa shape index (κ2) is 6.98. The van der Waals surface area contributed by atoms with E-state index in [2.05, 4.69) is 10.4 Å². The van der Waals surface area contributed by atoms with E-state index in [0.717, 1.165) is 18.7 Å². The van der Waals surface area contributed by atoms with E-state index >= 15 is 0 Å². The Bertz CT molecular complexity index is 385. The minimum atomic E-state index is 0.384. The number of nitrogens with one attached hydrogen (secondary N) is 1. The van der Waals surface area contributed by atoms with Gasteiger partial charge in [-0.1, -0.05) is 44.2 Å². The number of thiocarbonyl (C=S) groups is 1. The fraction of sp³-hybridized carbons (Fsp3) is 0.333. The lowest BCUT2D eigenvalue weighted by molar-refractivity contribution is 0.263. The summed E-state index contributed by atoms with van der Waals surface area (Å²) in [5.74, 6) is 0.426. The normalized spacial score (nSPS) is 11.6. The number of aliphatic imine (C=N–C) groups is 1. The second-order valence-corrected chi connectivity index (χ2v) is 3.84. The number of benzene rings is 1. The van der Waals surface area contributed by atoms with Crippen molar-refractivity contribution in [2.24, 2.45) is 10.7 Å². The molecule has 0 unspecified atom stereocenters. The minimum Gasteiger partial charge on any atom is -0.383 e. The first-order valence-electron chi connectivity index (χ1n) is 5.62. The molecule has 0 saturated heterocycles. The molecule has 0 radical (unpaired) electrons. The third-order valence-corrected chi connectivity index (χ3v) is 2.49. The monoisotopic (exact) mass is 250 g/mol. The van der Waals surface area contributed by atoms with Gasteiger partial charge >= 0.3 is 0 Å². The van der Waals surface area contributed by atoms with Crippen LogP contribution in [0.25, 0.3) is 0 Å². The molecule has 1 rings (SSSR count). The summed E-state index contributed by atoms with van der Waals surface area (Å²) in [6.07, 6.45) is 0. The maximum atomic E-state index is 5.86. The van der Waals surface area contributed by atoms with Gasteiger partial charge in [-0.3, -0.25) is 5.43 Å². The van der Waals surface area contributed by atoms with Gasteiger partial charge in [-0.2, -0.15) is 0 Å². The van der Waals surface area contributed by atoms with Crippen molar-refractivity contribution in [2.75, 3.05) is 13.1 Å². The summed E-state index contributed by atoms with van der Waals surface area (Å²) < 4.78 is 0. The molecule has 92 valence electrons. The Balaban J connectivity index is 2.66. The highest BCUT2D eigenvalue weighted by molar-refractivity contribution is 7.80. The minimum absolute atomic E-state index is 0.384. The Hall–Kier alpha value is -1.46. The molecular formula is C12H18N4S. The van der Waals surface area contributed by atoms with Crippen LogP contribution in [0.4, 0.5) is 0 Å². The van der Waals surface area contributed by atoms with Crippen LogP contribution in [0.3, 0.4) is 0 Å². The van der Waals surface area contributed by atoms with Gasteiger partial charge in [-0.15, -0.1) is 0 Å². The fourth-order valence-corrected chi connectivity index (χ4v) is 1.55. The van der Waals surface area contributed by atoms with Crippen LogP contribution in [0.1, 0.15) is 19.4 Å². The molecule has 0 fully saturated rings. The molecule has 0 bridgehead atoms. The molecule has 0 aliphatic heterocycles. The summed E-state index contributed by atoms with van der Waals surface area (Å²) >= 11 is 5.12. The van der Waals surface area contributed by atoms with Crippen LogP contribution in [-0.2, 0) is 0 Å². The molecule has 1 aromatic carbocycles. The Morgan fingerprint density at radius 1 is 1.29 bits per heavy atom. The Morgan fingerprint density at radius 3 is 2.41 bits per heavy atom. The van der Waals surface area contributed by atoms with Crippen molar-refractivity contribution in [3.63, 3.8) is 0 Å². The number of amidine groups is 1. The molecule has 0 heterocycles. The zero-order chi connectivity index (χ0) is 12.7. The molecule has 4 nitrogen and oxygen atoms in total.